The van der Waals surface area contributed by atoms with E-state index in [1.165, 1.54) is 193 Å². The molecule has 0 aromatic heterocycles. The standard InChI is InChI=1S/C56H111N2O7P/c1-7-10-13-16-19-22-25-27-28-29-30-31-34-36-39-42-45-48-55(59)57-53(52-64-66(61,62)63-51-50-58(4,5)6)54(47-44-41-38-35-33-26-23-20-17-14-11-8-2)65-56(60)49-46-43-40-37-32-24-21-18-15-12-9-3/h44,47,53-54H,7-43,45-46,48-52H2,1-6H3,(H-,57,59,61,62)/b47-44+. The first kappa shape index (κ1) is 64.8. The molecular formula is C56H111N2O7P. The number of likely N-dealkylation sites (N-methyl/N-ethyl adjacent to an activating group) is 1. The zero-order valence-corrected chi connectivity index (χ0v) is 45.6. The van der Waals surface area contributed by atoms with Gasteiger partial charge in [-0.25, -0.2) is 0 Å². The van der Waals surface area contributed by atoms with Gasteiger partial charge in [0.15, 0.2) is 0 Å². The lowest BCUT2D eigenvalue weighted by molar-refractivity contribution is -0.870. The Balaban J connectivity index is 5.28. The molecule has 0 saturated heterocycles. The molecule has 0 aliphatic carbocycles. The normalized spacial score (nSPS) is 13.9. The van der Waals surface area contributed by atoms with Crippen molar-refractivity contribution in [2.45, 2.75) is 296 Å². The third-order valence-corrected chi connectivity index (χ3v) is 13.9. The molecule has 0 spiro atoms. The van der Waals surface area contributed by atoms with E-state index < -0.39 is 20.0 Å². The molecule has 0 heterocycles. The minimum absolute atomic E-state index is 0.0171. The Morgan fingerprint density at radius 2 is 0.864 bits per heavy atom. The van der Waals surface area contributed by atoms with Crippen LogP contribution < -0.4 is 10.2 Å². The molecule has 3 atom stereocenters. The Kier molecular flexibility index (Phi) is 46.5. The number of amides is 1. The van der Waals surface area contributed by atoms with Crippen LogP contribution in [-0.2, 0) is 27.9 Å². The lowest BCUT2D eigenvalue weighted by Gasteiger charge is -2.30. The molecule has 392 valence electrons. The van der Waals surface area contributed by atoms with Gasteiger partial charge in [0.2, 0.25) is 5.91 Å². The maximum Gasteiger partial charge on any atom is 0.306 e. The Morgan fingerprint density at radius 1 is 0.515 bits per heavy atom. The molecular weight excluding hydrogens is 844 g/mol. The predicted molar refractivity (Wildman–Crippen MR) is 280 cm³/mol. The fraction of sp³-hybridized carbons (Fsp3) is 0.929. The molecule has 0 radical (unpaired) electrons. The van der Waals surface area contributed by atoms with Gasteiger partial charge in [0.25, 0.3) is 7.82 Å². The highest BCUT2D eigenvalue weighted by Crippen LogP contribution is 2.38. The number of phosphoric ester groups is 1. The first-order valence-electron chi connectivity index (χ1n) is 28.5. The van der Waals surface area contributed by atoms with E-state index in [0.717, 1.165) is 57.8 Å². The molecule has 3 unspecified atom stereocenters. The van der Waals surface area contributed by atoms with Crippen LogP contribution >= 0.6 is 7.82 Å². The molecule has 0 fully saturated rings. The third kappa shape index (κ3) is 47.8. The second kappa shape index (κ2) is 47.4. The largest absolute Gasteiger partial charge is 0.756 e. The summed E-state index contributed by atoms with van der Waals surface area (Å²) in [6, 6.07) is -0.877. The van der Waals surface area contributed by atoms with Crippen LogP contribution in [0.1, 0.15) is 284 Å². The number of phosphoric acid groups is 1. The smallest absolute Gasteiger partial charge is 0.306 e. The zero-order valence-electron chi connectivity index (χ0n) is 44.7. The minimum Gasteiger partial charge on any atom is -0.756 e. The molecule has 66 heavy (non-hydrogen) atoms. The first-order valence-corrected chi connectivity index (χ1v) is 30.0. The van der Waals surface area contributed by atoms with E-state index in [9.17, 15) is 19.0 Å². The van der Waals surface area contributed by atoms with Crippen molar-refractivity contribution in [1.82, 2.24) is 5.32 Å². The Labute approximate surface area is 410 Å². The Morgan fingerprint density at radius 3 is 1.24 bits per heavy atom. The van der Waals surface area contributed by atoms with E-state index >= 15 is 0 Å². The van der Waals surface area contributed by atoms with E-state index in [4.69, 9.17) is 13.8 Å². The summed E-state index contributed by atoms with van der Waals surface area (Å²) in [6.45, 7) is 6.86. The zero-order chi connectivity index (χ0) is 48.7. The number of esters is 1. The molecule has 1 N–H and O–H groups in total. The van der Waals surface area contributed by atoms with Crippen LogP contribution in [0.2, 0.25) is 0 Å². The highest BCUT2D eigenvalue weighted by Gasteiger charge is 2.27. The molecule has 1 amide bonds. The maximum absolute atomic E-state index is 13.5. The summed E-state index contributed by atoms with van der Waals surface area (Å²) < 4.78 is 30.2. The molecule has 0 aromatic rings. The summed E-state index contributed by atoms with van der Waals surface area (Å²) in [5, 5.41) is 3.02. The number of quaternary nitrogens is 1. The minimum atomic E-state index is -4.68. The number of hydrogen-bond acceptors (Lipinski definition) is 7. The quantitative estimate of drug-likeness (QED) is 0.0212. The summed E-state index contributed by atoms with van der Waals surface area (Å²) in [4.78, 5) is 39.7. The van der Waals surface area contributed by atoms with Gasteiger partial charge in [-0.1, -0.05) is 252 Å². The van der Waals surface area contributed by atoms with E-state index in [0.29, 0.717) is 17.4 Å². The number of rotatable bonds is 52. The lowest BCUT2D eigenvalue weighted by atomic mass is 10.0. The fourth-order valence-electron chi connectivity index (χ4n) is 8.52. The number of nitrogens with zero attached hydrogens (tertiary/aromatic N) is 1. The van der Waals surface area contributed by atoms with E-state index in [1.54, 1.807) is 0 Å². The number of hydrogen-bond donors (Lipinski definition) is 1. The second-order valence-electron chi connectivity index (χ2n) is 20.8. The highest BCUT2D eigenvalue weighted by molar-refractivity contribution is 7.45. The van der Waals surface area contributed by atoms with Crippen molar-refractivity contribution in [1.29, 1.82) is 0 Å². The van der Waals surface area contributed by atoms with Crippen molar-refractivity contribution in [3.8, 4) is 0 Å². The second-order valence-corrected chi connectivity index (χ2v) is 22.2. The molecule has 9 nitrogen and oxygen atoms in total. The summed E-state index contributed by atoms with van der Waals surface area (Å²) in [5.74, 6) is -0.526. The van der Waals surface area contributed by atoms with Crippen LogP contribution in [0.3, 0.4) is 0 Å². The molecule has 0 aromatic carbocycles. The van der Waals surface area contributed by atoms with Gasteiger partial charge in [-0.2, -0.15) is 0 Å². The lowest BCUT2D eigenvalue weighted by Crippen LogP contribution is -2.47. The first-order chi connectivity index (χ1) is 31.9. The molecule has 10 heteroatoms. The van der Waals surface area contributed by atoms with Crippen LogP contribution in [0.15, 0.2) is 12.2 Å². The molecule has 0 rings (SSSR count). The van der Waals surface area contributed by atoms with Crippen LogP contribution in [0.5, 0.6) is 0 Å². The van der Waals surface area contributed by atoms with Crippen molar-refractivity contribution in [2.75, 3.05) is 40.9 Å². The van der Waals surface area contributed by atoms with Crippen LogP contribution in [0.25, 0.3) is 0 Å². The van der Waals surface area contributed by atoms with E-state index in [-0.39, 0.29) is 31.5 Å². The summed E-state index contributed by atoms with van der Waals surface area (Å²) in [7, 11) is 1.20. The number of unbranched alkanes of at least 4 members (excludes halogenated alkanes) is 36. The maximum atomic E-state index is 13.5. The number of nitrogens with one attached hydrogen (secondary N) is 1. The third-order valence-electron chi connectivity index (χ3n) is 13.0. The molecule has 0 aliphatic rings. The van der Waals surface area contributed by atoms with Crippen molar-refractivity contribution in [3.05, 3.63) is 12.2 Å². The number of allylic oxidation sites excluding steroid dienone is 1. The van der Waals surface area contributed by atoms with Gasteiger partial charge in [0, 0.05) is 12.8 Å². The predicted octanol–water partition coefficient (Wildman–Crippen LogP) is 16.2. The number of carbonyl (C=O) groups excluding carboxylic acids is 2. The summed E-state index contributed by atoms with van der Waals surface area (Å²) in [5.41, 5.74) is 0. The van der Waals surface area contributed by atoms with E-state index in [2.05, 4.69) is 26.1 Å². The van der Waals surface area contributed by atoms with Crippen molar-refractivity contribution in [2.24, 2.45) is 0 Å². The Bertz CT molecular complexity index is 1150. The molecule has 0 bridgehead atoms. The van der Waals surface area contributed by atoms with E-state index in [1.807, 2.05) is 33.3 Å². The van der Waals surface area contributed by atoms with Gasteiger partial charge in [-0.05, 0) is 31.8 Å². The number of ether oxygens (including phenoxy) is 1. The van der Waals surface area contributed by atoms with Gasteiger partial charge in [0.1, 0.15) is 19.3 Å². The average Bonchev–Trinajstić information content (AvgIpc) is 3.27. The van der Waals surface area contributed by atoms with Gasteiger partial charge >= 0.3 is 5.97 Å². The van der Waals surface area contributed by atoms with Crippen molar-refractivity contribution < 1.29 is 37.3 Å². The summed E-state index contributed by atoms with van der Waals surface area (Å²) in [6.07, 6.45) is 51.7. The van der Waals surface area contributed by atoms with Crippen LogP contribution in [-0.4, -0.2) is 69.4 Å². The van der Waals surface area contributed by atoms with Crippen molar-refractivity contribution >= 4 is 19.7 Å². The number of carbonyl (C=O) groups is 2. The van der Waals surface area contributed by atoms with Gasteiger partial charge < -0.3 is 28.5 Å². The van der Waals surface area contributed by atoms with Crippen LogP contribution in [0, 0.1) is 0 Å². The van der Waals surface area contributed by atoms with Gasteiger partial charge in [-0.3, -0.25) is 14.2 Å². The van der Waals surface area contributed by atoms with Gasteiger partial charge in [0.05, 0.1) is 33.8 Å². The molecule has 0 aliphatic heterocycles. The highest BCUT2D eigenvalue weighted by atomic mass is 31.2. The van der Waals surface area contributed by atoms with Crippen LogP contribution in [0.4, 0.5) is 0 Å². The summed E-state index contributed by atoms with van der Waals surface area (Å²) >= 11 is 0. The SMILES string of the molecule is CCCCCCCCCCCC/C=C/C(OC(=O)CCCCCCCCCCCCC)C(COP(=O)([O-])OCC[N+](C)(C)C)NC(=O)CCCCCCCCCCCCCCCCCCC. The monoisotopic (exact) mass is 955 g/mol. The topological polar surface area (TPSA) is 114 Å². The Hall–Kier alpha value is -1.25. The molecule has 0 saturated carbocycles. The fourth-order valence-corrected chi connectivity index (χ4v) is 9.25. The van der Waals surface area contributed by atoms with Gasteiger partial charge in [-0.15, -0.1) is 0 Å². The average molecular weight is 955 g/mol. The van der Waals surface area contributed by atoms with Crippen molar-refractivity contribution in [3.63, 3.8) is 0 Å².